The van der Waals surface area contributed by atoms with Gasteiger partial charge in [-0.3, -0.25) is 4.79 Å². The maximum absolute atomic E-state index is 13.4. The monoisotopic (exact) mass is 580 g/mol. The fourth-order valence-corrected chi connectivity index (χ4v) is 6.75. The van der Waals surface area contributed by atoms with Gasteiger partial charge >= 0.3 is 6.18 Å². The summed E-state index contributed by atoms with van der Waals surface area (Å²) in [6.07, 6.45) is -4.14. The first-order valence-corrected chi connectivity index (χ1v) is 14.3. The lowest BCUT2D eigenvalue weighted by atomic mass is 10.1. The SMILES string of the molecule is O=C(c1ccccc1CS(=O)(=O)c1ccc(C(F)(F)F)cn1)N1CCN(c2nc3ccc(Cl)cc3s2)CC1. The van der Waals surface area contributed by atoms with Gasteiger partial charge in [0.1, 0.15) is 0 Å². The number of hydrogen-bond acceptors (Lipinski definition) is 7. The minimum Gasteiger partial charge on any atom is -0.345 e. The molecule has 0 spiro atoms. The predicted molar refractivity (Wildman–Crippen MR) is 139 cm³/mol. The number of carbonyl (C=O) groups is 1. The molecular weight excluding hydrogens is 561 g/mol. The average molecular weight is 581 g/mol. The van der Waals surface area contributed by atoms with Crippen LogP contribution in [0.15, 0.2) is 65.8 Å². The van der Waals surface area contributed by atoms with Crippen molar-refractivity contribution in [3.8, 4) is 0 Å². The Balaban J connectivity index is 1.29. The first-order chi connectivity index (χ1) is 18.0. The van der Waals surface area contributed by atoms with Crippen LogP contribution in [0.1, 0.15) is 21.5 Å². The number of rotatable bonds is 5. The van der Waals surface area contributed by atoms with Crippen molar-refractivity contribution in [2.24, 2.45) is 0 Å². The molecule has 4 aromatic rings. The van der Waals surface area contributed by atoms with Crippen LogP contribution in [0, 0.1) is 0 Å². The topological polar surface area (TPSA) is 83.5 Å². The third-order valence-electron chi connectivity index (χ3n) is 6.15. The van der Waals surface area contributed by atoms with E-state index in [1.807, 2.05) is 12.1 Å². The number of thiazole rings is 1. The predicted octanol–water partition coefficient (Wildman–Crippen LogP) is 5.30. The summed E-state index contributed by atoms with van der Waals surface area (Å²) in [6.45, 7) is 1.93. The second kappa shape index (κ2) is 10.2. The molecule has 1 saturated heterocycles. The smallest absolute Gasteiger partial charge is 0.345 e. The quantitative estimate of drug-likeness (QED) is 0.319. The highest BCUT2D eigenvalue weighted by Crippen LogP contribution is 2.32. The van der Waals surface area contributed by atoms with E-state index in [9.17, 15) is 26.4 Å². The van der Waals surface area contributed by atoms with Gasteiger partial charge in [0, 0.05) is 43.0 Å². The van der Waals surface area contributed by atoms with E-state index in [0.717, 1.165) is 21.4 Å². The Kier molecular flexibility index (Phi) is 7.05. The molecule has 1 fully saturated rings. The first-order valence-electron chi connectivity index (χ1n) is 11.5. The highest BCUT2D eigenvalue weighted by atomic mass is 35.5. The van der Waals surface area contributed by atoms with E-state index in [4.69, 9.17) is 11.6 Å². The van der Waals surface area contributed by atoms with Crippen LogP contribution in [0.2, 0.25) is 5.02 Å². The molecule has 0 atom stereocenters. The summed E-state index contributed by atoms with van der Waals surface area (Å²) in [5.41, 5.74) is 0.294. The van der Waals surface area contributed by atoms with Gasteiger partial charge in [-0.2, -0.15) is 13.2 Å². The van der Waals surface area contributed by atoms with Crippen LogP contribution >= 0.6 is 22.9 Å². The number of pyridine rings is 1. The Bertz CT molecular complexity index is 1600. The van der Waals surface area contributed by atoms with E-state index in [0.29, 0.717) is 43.5 Å². The minimum atomic E-state index is -4.63. The Morgan fingerprint density at radius 2 is 1.76 bits per heavy atom. The Labute approximate surface area is 225 Å². The molecule has 1 aliphatic rings. The second-order valence-electron chi connectivity index (χ2n) is 8.69. The number of benzene rings is 2. The number of sulfone groups is 1. The van der Waals surface area contributed by atoms with Crippen LogP contribution in [-0.4, -0.2) is 55.4 Å². The third kappa shape index (κ3) is 5.47. The van der Waals surface area contributed by atoms with Gasteiger partial charge in [0.05, 0.1) is 21.5 Å². The molecule has 0 aliphatic carbocycles. The zero-order valence-corrected chi connectivity index (χ0v) is 22.0. The summed E-state index contributed by atoms with van der Waals surface area (Å²) in [4.78, 5) is 25.3. The van der Waals surface area contributed by atoms with Crippen LogP contribution in [0.4, 0.5) is 18.3 Å². The van der Waals surface area contributed by atoms with E-state index in [2.05, 4.69) is 14.9 Å². The van der Waals surface area contributed by atoms with Gasteiger partial charge in [-0.05, 0) is 42.0 Å². The molecular formula is C25H20ClF3N4O3S2. The molecule has 3 heterocycles. The van der Waals surface area contributed by atoms with Gasteiger partial charge in [0.15, 0.2) is 20.0 Å². The molecule has 1 amide bonds. The molecule has 5 rings (SSSR count). The molecule has 0 unspecified atom stereocenters. The van der Waals surface area contributed by atoms with Crippen molar-refractivity contribution in [2.45, 2.75) is 17.0 Å². The van der Waals surface area contributed by atoms with Gasteiger partial charge in [-0.25, -0.2) is 18.4 Å². The van der Waals surface area contributed by atoms with Crippen molar-refractivity contribution in [1.29, 1.82) is 0 Å². The molecule has 0 N–H and O–H groups in total. The lowest BCUT2D eigenvalue weighted by molar-refractivity contribution is -0.137. The number of carbonyl (C=O) groups excluding carboxylic acids is 1. The summed E-state index contributed by atoms with van der Waals surface area (Å²) < 4.78 is 65.3. The highest BCUT2D eigenvalue weighted by Gasteiger charge is 2.32. The van der Waals surface area contributed by atoms with Crippen molar-refractivity contribution >= 4 is 54.0 Å². The van der Waals surface area contributed by atoms with Gasteiger partial charge in [0.2, 0.25) is 0 Å². The molecule has 13 heteroatoms. The number of alkyl halides is 3. The largest absolute Gasteiger partial charge is 0.417 e. The Morgan fingerprint density at radius 3 is 2.45 bits per heavy atom. The Morgan fingerprint density at radius 1 is 1.03 bits per heavy atom. The number of halogens is 4. The molecule has 0 radical (unpaired) electrons. The number of nitrogens with zero attached hydrogens (tertiary/aromatic N) is 4. The summed E-state index contributed by atoms with van der Waals surface area (Å²) >= 11 is 7.60. The molecule has 2 aromatic heterocycles. The van der Waals surface area contributed by atoms with Crippen LogP contribution in [0.25, 0.3) is 10.2 Å². The zero-order valence-electron chi connectivity index (χ0n) is 19.7. The standard InChI is InChI=1S/C25H20ClF3N4O3S2/c26-18-6-7-20-21(13-18)37-24(31-20)33-11-9-32(10-12-33)23(34)19-4-2-1-3-16(19)15-38(35,36)22-8-5-17(14-30-22)25(27,28)29/h1-8,13-14H,9-12,15H2. The van der Waals surface area contributed by atoms with Crippen LogP contribution in [-0.2, 0) is 21.8 Å². The van der Waals surface area contributed by atoms with E-state index >= 15 is 0 Å². The summed E-state index contributed by atoms with van der Waals surface area (Å²) in [5.74, 6) is -0.881. The number of piperazine rings is 1. The fraction of sp³-hybridized carbons (Fsp3) is 0.240. The van der Waals surface area contributed by atoms with E-state index in [1.54, 1.807) is 29.2 Å². The second-order valence-corrected chi connectivity index (χ2v) is 12.1. The van der Waals surface area contributed by atoms with E-state index in [-0.39, 0.29) is 17.0 Å². The van der Waals surface area contributed by atoms with Gasteiger partial charge in [0.25, 0.3) is 5.91 Å². The summed E-state index contributed by atoms with van der Waals surface area (Å²) in [5, 5.41) is 0.987. The van der Waals surface area contributed by atoms with Gasteiger partial charge in [-0.15, -0.1) is 0 Å². The molecule has 198 valence electrons. The number of aromatic nitrogens is 2. The van der Waals surface area contributed by atoms with Gasteiger partial charge in [-0.1, -0.05) is 41.1 Å². The number of amides is 1. The number of fused-ring (bicyclic) bond motifs is 1. The lowest BCUT2D eigenvalue weighted by Crippen LogP contribution is -2.49. The fourth-order valence-electron chi connectivity index (χ4n) is 4.16. The average Bonchev–Trinajstić information content (AvgIpc) is 3.31. The first kappa shape index (κ1) is 26.4. The van der Waals surface area contributed by atoms with Crippen molar-refractivity contribution in [3.63, 3.8) is 0 Å². The Hall–Kier alpha value is -3.22. The van der Waals surface area contributed by atoms with Gasteiger partial charge < -0.3 is 9.80 Å². The highest BCUT2D eigenvalue weighted by molar-refractivity contribution is 7.90. The number of anilines is 1. The van der Waals surface area contributed by atoms with Crippen molar-refractivity contribution in [3.05, 3.63) is 82.5 Å². The van der Waals surface area contributed by atoms with Crippen LogP contribution in [0.5, 0.6) is 0 Å². The van der Waals surface area contributed by atoms with E-state index < -0.39 is 32.4 Å². The summed E-state index contributed by atoms with van der Waals surface area (Å²) in [6, 6.07) is 13.4. The van der Waals surface area contributed by atoms with Crippen molar-refractivity contribution in [1.82, 2.24) is 14.9 Å². The third-order valence-corrected chi connectivity index (χ3v) is 9.04. The summed E-state index contributed by atoms with van der Waals surface area (Å²) in [7, 11) is -4.10. The zero-order chi connectivity index (χ0) is 27.1. The molecule has 2 aromatic carbocycles. The lowest BCUT2D eigenvalue weighted by Gasteiger charge is -2.34. The molecule has 38 heavy (non-hydrogen) atoms. The maximum Gasteiger partial charge on any atom is 0.417 e. The molecule has 0 saturated carbocycles. The normalized spacial score (nSPS) is 14.7. The number of hydrogen-bond donors (Lipinski definition) is 0. The van der Waals surface area contributed by atoms with Crippen LogP contribution in [0.3, 0.4) is 0 Å². The van der Waals surface area contributed by atoms with Crippen LogP contribution < -0.4 is 4.90 Å². The minimum absolute atomic E-state index is 0.228. The van der Waals surface area contributed by atoms with Crippen molar-refractivity contribution < 1.29 is 26.4 Å². The molecule has 0 bridgehead atoms. The van der Waals surface area contributed by atoms with Crippen molar-refractivity contribution in [2.75, 3.05) is 31.1 Å². The molecule has 1 aliphatic heterocycles. The van der Waals surface area contributed by atoms with E-state index in [1.165, 1.54) is 17.4 Å². The molecule has 7 nitrogen and oxygen atoms in total. The maximum atomic E-state index is 13.4.